The van der Waals surface area contributed by atoms with Crippen molar-refractivity contribution in [2.75, 3.05) is 11.9 Å². The number of nitrogens with one attached hydrogen (secondary N) is 1. The Morgan fingerprint density at radius 2 is 1.86 bits per heavy atom. The third-order valence-electron chi connectivity index (χ3n) is 4.61. The number of amides is 2. The predicted molar refractivity (Wildman–Crippen MR) is 81.9 cm³/mol. The van der Waals surface area contributed by atoms with Gasteiger partial charge in [-0.25, -0.2) is 0 Å². The Morgan fingerprint density at radius 3 is 2.52 bits per heavy atom. The molecular formula is C17H22N2O2. The Hall–Kier alpha value is -1.84. The van der Waals surface area contributed by atoms with Gasteiger partial charge in [-0.3, -0.25) is 9.59 Å². The Bertz CT molecular complexity index is 532. The summed E-state index contributed by atoms with van der Waals surface area (Å²) < 4.78 is 0. The Balaban J connectivity index is 1.60. The van der Waals surface area contributed by atoms with Crippen LogP contribution in [0.2, 0.25) is 0 Å². The van der Waals surface area contributed by atoms with E-state index in [9.17, 15) is 9.59 Å². The average Bonchev–Trinajstić information content (AvgIpc) is 3.10. The minimum absolute atomic E-state index is 0.0345. The number of likely N-dealkylation sites (tertiary alicyclic amines) is 1. The number of hydrogen-bond donors (Lipinski definition) is 1. The molecule has 2 fully saturated rings. The van der Waals surface area contributed by atoms with Crippen LogP contribution in [0.3, 0.4) is 0 Å². The van der Waals surface area contributed by atoms with Crippen LogP contribution in [-0.2, 0) is 9.59 Å². The molecular weight excluding hydrogens is 264 g/mol. The molecule has 1 aromatic rings. The molecule has 0 spiro atoms. The van der Waals surface area contributed by atoms with E-state index in [2.05, 4.69) is 5.32 Å². The summed E-state index contributed by atoms with van der Waals surface area (Å²) in [4.78, 5) is 26.4. The number of nitrogens with zero attached hydrogens (tertiary/aromatic N) is 1. The van der Waals surface area contributed by atoms with Crippen LogP contribution in [0.4, 0.5) is 5.69 Å². The molecule has 1 saturated heterocycles. The first-order valence-electron chi connectivity index (χ1n) is 7.80. The Labute approximate surface area is 125 Å². The summed E-state index contributed by atoms with van der Waals surface area (Å²) in [5.74, 6) is -0.0990. The molecule has 1 saturated carbocycles. The Kier molecular flexibility index (Phi) is 3.95. The molecule has 112 valence electrons. The van der Waals surface area contributed by atoms with E-state index in [-0.39, 0.29) is 17.7 Å². The van der Waals surface area contributed by atoms with E-state index < -0.39 is 0 Å². The average molecular weight is 286 g/mol. The molecule has 21 heavy (non-hydrogen) atoms. The van der Waals surface area contributed by atoms with Gasteiger partial charge in [0, 0.05) is 24.7 Å². The standard InChI is InChI=1S/C17H22N2O2/c1-12-6-8-14(9-7-12)18-17(21)13-10-16(20)19(11-13)15-4-2-3-5-15/h6-9,13,15H,2-5,10-11H2,1H3,(H,18,21)/t13-/m1/s1. The van der Waals surface area contributed by atoms with Crippen molar-refractivity contribution >= 4 is 17.5 Å². The van der Waals surface area contributed by atoms with Crippen molar-refractivity contribution in [2.24, 2.45) is 5.92 Å². The van der Waals surface area contributed by atoms with Crippen molar-refractivity contribution in [2.45, 2.75) is 45.1 Å². The van der Waals surface area contributed by atoms with E-state index >= 15 is 0 Å². The number of carbonyl (C=O) groups is 2. The quantitative estimate of drug-likeness (QED) is 0.929. The van der Waals surface area contributed by atoms with Gasteiger partial charge in [0.15, 0.2) is 0 Å². The topological polar surface area (TPSA) is 49.4 Å². The first kappa shape index (κ1) is 14.1. The molecule has 4 heteroatoms. The number of carbonyl (C=O) groups excluding carboxylic acids is 2. The van der Waals surface area contributed by atoms with E-state index in [4.69, 9.17) is 0 Å². The van der Waals surface area contributed by atoms with Crippen LogP contribution < -0.4 is 5.32 Å². The fourth-order valence-electron chi connectivity index (χ4n) is 3.36. The lowest BCUT2D eigenvalue weighted by molar-refractivity contribution is -0.129. The maximum Gasteiger partial charge on any atom is 0.229 e. The highest BCUT2D eigenvalue weighted by Crippen LogP contribution is 2.29. The van der Waals surface area contributed by atoms with Crippen LogP contribution in [0.25, 0.3) is 0 Å². The van der Waals surface area contributed by atoms with Crippen molar-refractivity contribution in [3.63, 3.8) is 0 Å². The molecule has 0 aromatic heterocycles. The summed E-state index contributed by atoms with van der Waals surface area (Å²) in [6, 6.07) is 8.12. The number of aryl methyl sites for hydroxylation is 1. The molecule has 2 aliphatic rings. The highest BCUT2D eigenvalue weighted by Gasteiger charge is 2.38. The smallest absolute Gasteiger partial charge is 0.229 e. The lowest BCUT2D eigenvalue weighted by Crippen LogP contribution is -2.35. The van der Waals surface area contributed by atoms with E-state index in [0.29, 0.717) is 19.0 Å². The molecule has 1 aliphatic carbocycles. The molecule has 4 nitrogen and oxygen atoms in total. The van der Waals surface area contributed by atoms with Gasteiger partial charge in [-0.15, -0.1) is 0 Å². The number of hydrogen-bond acceptors (Lipinski definition) is 2. The van der Waals surface area contributed by atoms with Crippen LogP contribution in [0.15, 0.2) is 24.3 Å². The highest BCUT2D eigenvalue weighted by molar-refractivity contribution is 5.97. The van der Waals surface area contributed by atoms with Gasteiger partial charge in [0.1, 0.15) is 0 Å². The largest absolute Gasteiger partial charge is 0.339 e. The van der Waals surface area contributed by atoms with Gasteiger partial charge >= 0.3 is 0 Å². The van der Waals surface area contributed by atoms with Crippen LogP contribution >= 0.6 is 0 Å². The van der Waals surface area contributed by atoms with Crippen molar-refractivity contribution in [3.8, 4) is 0 Å². The summed E-state index contributed by atoms with van der Waals surface area (Å²) in [5.41, 5.74) is 1.97. The second kappa shape index (κ2) is 5.88. The maximum atomic E-state index is 12.3. The van der Waals surface area contributed by atoms with Crippen molar-refractivity contribution in [3.05, 3.63) is 29.8 Å². The van der Waals surface area contributed by atoms with Gasteiger partial charge in [-0.2, -0.15) is 0 Å². The molecule has 1 N–H and O–H groups in total. The van der Waals surface area contributed by atoms with Crippen LogP contribution in [0, 0.1) is 12.8 Å². The van der Waals surface area contributed by atoms with E-state index in [1.807, 2.05) is 36.1 Å². The number of rotatable bonds is 3. The summed E-state index contributed by atoms with van der Waals surface area (Å²) in [6.45, 7) is 2.60. The number of anilines is 1. The summed E-state index contributed by atoms with van der Waals surface area (Å²) in [7, 11) is 0. The molecule has 2 amide bonds. The van der Waals surface area contributed by atoms with E-state index in [1.54, 1.807) is 0 Å². The van der Waals surface area contributed by atoms with Crippen LogP contribution in [0.1, 0.15) is 37.7 Å². The van der Waals surface area contributed by atoms with E-state index in [0.717, 1.165) is 24.1 Å². The third-order valence-corrected chi connectivity index (χ3v) is 4.61. The summed E-state index contributed by atoms with van der Waals surface area (Å²) in [5, 5.41) is 2.92. The van der Waals surface area contributed by atoms with Crippen molar-refractivity contribution < 1.29 is 9.59 Å². The van der Waals surface area contributed by atoms with Gasteiger partial charge in [0.2, 0.25) is 11.8 Å². The zero-order valence-electron chi connectivity index (χ0n) is 12.5. The second-order valence-electron chi connectivity index (χ2n) is 6.24. The minimum Gasteiger partial charge on any atom is -0.339 e. The fourth-order valence-corrected chi connectivity index (χ4v) is 3.36. The number of benzene rings is 1. The molecule has 3 rings (SSSR count). The fraction of sp³-hybridized carbons (Fsp3) is 0.529. The van der Waals surface area contributed by atoms with Crippen LogP contribution in [-0.4, -0.2) is 29.3 Å². The van der Waals surface area contributed by atoms with Gasteiger partial charge in [0.05, 0.1) is 5.92 Å². The first-order chi connectivity index (χ1) is 10.1. The molecule has 1 atom stereocenters. The third kappa shape index (κ3) is 3.09. The zero-order chi connectivity index (χ0) is 14.8. The minimum atomic E-state index is -0.209. The van der Waals surface area contributed by atoms with Gasteiger partial charge < -0.3 is 10.2 Å². The summed E-state index contributed by atoms with van der Waals surface area (Å²) in [6.07, 6.45) is 4.95. The SMILES string of the molecule is Cc1ccc(NC(=O)[C@@H]2CC(=O)N(C3CCCC3)C2)cc1. The monoisotopic (exact) mass is 286 g/mol. The summed E-state index contributed by atoms with van der Waals surface area (Å²) >= 11 is 0. The van der Waals surface area contributed by atoms with E-state index in [1.165, 1.54) is 12.8 Å². The maximum absolute atomic E-state index is 12.3. The zero-order valence-corrected chi connectivity index (χ0v) is 12.5. The van der Waals surface area contributed by atoms with Crippen molar-refractivity contribution in [1.29, 1.82) is 0 Å². The predicted octanol–water partition coefficient (Wildman–Crippen LogP) is 2.72. The molecule has 0 radical (unpaired) electrons. The van der Waals surface area contributed by atoms with Crippen molar-refractivity contribution in [1.82, 2.24) is 4.90 Å². The normalized spacial score (nSPS) is 22.8. The molecule has 0 unspecified atom stereocenters. The van der Waals surface area contributed by atoms with Gasteiger partial charge in [-0.1, -0.05) is 30.5 Å². The highest BCUT2D eigenvalue weighted by atomic mass is 16.2. The molecule has 1 aliphatic heterocycles. The molecule has 0 bridgehead atoms. The molecule has 1 aromatic carbocycles. The van der Waals surface area contributed by atoms with Crippen LogP contribution in [0.5, 0.6) is 0 Å². The first-order valence-corrected chi connectivity index (χ1v) is 7.80. The second-order valence-corrected chi connectivity index (χ2v) is 6.24. The lowest BCUT2D eigenvalue weighted by Gasteiger charge is -2.23. The van der Waals surface area contributed by atoms with Gasteiger partial charge in [-0.05, 0) is 31.9 Å². The molecule has 1 heterocycles. The van der Waals surface area contributed by atoms with Gasteiger partial charge in [0.25, 0.3) is 0 Å². The Morgan fingerprint density at radius 1 is 1.19 bits per heavy atom. The lowest BCUT2D eigenvalue weighted by atomic mass is 10.1.